The highest BCUT2D eigenvalue weighted by Gasteiger charge is 2.22. The molecular weight excluding hydrogens is 602 g/mol. The van der Waals surface area contributed by atoms with Gasteiger partial charge >= 0.3 is 5.97 Å². The third-order valence-electron chi connectivity index (χ3n) is 8.14. The molecule has 3 N–H and O–H groups in total. The number of nitrogens with zero attached hydrogens (tertiary/aromatic N) is 3. The molecule has 5 aromatic rings. The number of benzene rings is 3. The Morgan fingerprint density at radius 1 is 1.00 bits per heavy atom. The number of hydrogen-bond acceptors (Lipinski definition) is 8. The number of esters is 1. The van der Waals surface area contributed by atoms with Crippen molar-refractivity contribution in [1.29, 1.82) is 0 Å². The predicted molar refractivity (Wildman–Crippen MR) is 180 cm³/mol. The zero-order chi connectivity index (χ0) is 32.1. The van der Waals surface area contributed by atoms with Crippen LogP contribution in [-0.2, 0) is 38.3 Å². The summed E-state index contributed by atoms with van der Waals surface area (Å²) in [5, 5.41) is 2.59. The standard InChI is InChI=1S/C35H39N5O5S/c1-25(21-39-13-15-44-16-14-39)23-45-35(41)33-19-28-11-12-30(20-36)37-34(28)40(33)22-29-18-31(17-27-9-5-6-10-32(27)29)38-46(42,43)24-26-7-3-2-4-8-26/h2-12,17-19,25,38H,13-16,20-24,36H2,1H3. The molecule has 3 aromatic carbocycles. The fraction of sp³-hybridized carbons (Fsp3) is 0.314. The summed E-state index contributed by atoms with van der Waals surface area (Å²) in [6.07, 6.45) is 0. The highest BCUT2D eigenvalue weighted by atomic mass is 32.2. The van der Waals surface area contributed by atoms with Gasteiger partial charge in [0.25, 0.3) is 0 Å². The van der Waals surface area contributed by atoms with Gasteiger partial charge in [0.1, 0.15) is 11.3 Å². The molecule has 0 spiro atoms. The molecular formula is C35H39N5O5S. The van der Waals surface area contributed by atoms with E-state index in [1.807, 2.05) is 71.3 Å². The van der Waals surface area contributed by atoms with Gasteiger partial charge in [0.05, 0.1) is 37.8 Å². The Bertz CT molecular complexity index is 1940. The number of morpholine rings is 1. The van der Waals surface area contributed by atoms with Gasteiger partial charge in [-0.15, -0.1) is 0 Å². The number of rotatable bonds is 12. The van der Waals surface area contributed by atoms with Gasteiger partial charge in [-0.2, -0.15) is 0 Å². The molecule has 1 aliphatic rings. The van der Waals surface area contributed by atoms with Crippen LogP contribution in [0.4, 0.5) is 5.69 Å². The van der Waals surface area contributed by atoms with Gasteiger partial charge in [-0.3, -0.25) is 9.62 Å². The lowest BCUT2D eigenvalue weighted by atomic mass is 10.0. The van der Waals surface area contributed by atoms with Crippen LogP contribution in [0.2, 0.25) is 0 Å². The Hall–Kier alpha value is -4.29. The summed E-state index contributed by atoms with van der Waals surface area (Å²) < 4.78 is 42.3. The van der Waals surface area contributed by atoms with E-state index in [0.717, 1.165) is 54.6 Å². The van der Waals surface area contributed by atoms with E-state index in [4.69, 9.17) is 20.2 Å². The van der Waals surface area contributed by atoms with Crippen molar-refractivity contribution in [3.05, 3.63) is 107 Å². The van der Waals surface area contributed by atoms with E-state index >= 15 is 0 Å². The van der Waals surface area contributed by atoms with E-state index in [1.54, 1.807) is 18.2 Å². The summed E-state index contributed by atoms with van der Waals surface area (Å²) >= 11 is 0. The monoisotopic (exact) mass is 641 g/mol. The van der Waals surface area contributed by atoms with E-state index in [9.17, 15) is 13.2 Å². The number of carbonyl (C=O) groups excluding carboxylic acids is 1. The first kappa shape index (κ1) is 31.7. The van der Waals surface area contributed by atoms with Gasteiger partial charge in [0.15, 0.2) is 0 Å². The molecule has 1 fully saturated rings. The minimum absolute atomic E-state index is 0.145. The summed E-state index contributed by atoms with van der Waals surface area (Å²) in [6, 6.07) is 26.0. The third kappa shape index (κ3) is 7.56. The predicted octanol–water partition coefficient (Wildman–Crippen LogP) is 4.76. The molecule has 1 unspecified atom stereocenters. The first-order valence-corrected chi connectivity index (χ1v) is 17.2. The van der Waals surface area contributed by atoms with Crippen LogP contribution in [0, 0.1) is 5.92 Å². The van der Waals surface area contributed by atoms with E-state index in [-0.39, 0.29) is 31.4 Å². The number of nitrogens with one attached hydrogen (secondary N) is 1. The highest BCUT2D eigenvalue weighted by Crippen LogP contribution is 2.29. The zero-order valence-electron chi connectivity index (χ0n) is 25.9. The molecule has 46 heavy (non-hydrogen) atoms. The number of pyridine rings is 1. The van der Waals surface area contributed by atoms with Crippen molar-refractivity contribution in [2.75, 3.05) is 44.2 Å². The first-order chi connectivity index (χ1) is 22.3. The maximum absolute atomic E-state index is 13.6. The van der Waals surface area contributed by atoms with Crippen molar-refractivity contribution < 1.29 is 22.7 Å². The fourth-order valence-electron chi connectivity index (χ4n) is 5.94. The second-order valence-electron chi connectivity index (χ2n) is 11.9. The van der Waals surface area contributed by atoms with Crippen LogP contribution in [0.5, 0.6) is 0 Å². The molecule has 0 bridgehead atoms. The lowest BCUT2D eigenvalue weighted by Crippen LogP contribution is -2.39. The van der Waals surface area contributed by atoms with Crippen molar-refractivity contribution in [3.8, 4) is 0 Å². The quantitative estimate of drug-likeness (QED) is 0.187. The van der Waals surface area contributed by atoms with Gasteiger partial charge < -0.3 is 19.8 Å². The van der Waals surface area contributed by atoms with E-state index in [1.165, 1.54) is 0 Å². The van der Waals surface area contributed by atoms with Crippen LogP contribution in [0.1, 0.15) is 34.2 Å². The summed E-state index contributed by atoms with van der Waals surface area (Å²) in [5.74, 6) is -0.444. The first-order valence-electron chi connectivity index (χ1n) is 15.5. The molecule has 3 heterocycles. The highest BCUT2D eigenvalue weighted by molar-refractivity contribution is 7.91. The van der Waals surface area contributed by atoms with Crippen molar-refractivity contribution in [2.24, 2.45) is 11.7 Å². The van der Waals surface area contributed by atoms with Crippen LogP contribution < -0.4 is 10.5 Å². The van der Waals surface area contributed by atoms with Crippen molar-refractivity contribution >= 4 is 43.5 Å². The zero-order valence-corrected chi connectivity index (χ0v) is 26.7. The number of carbonyl (C=O) groups is 1. The Morgan fingerprint density at radius 3 is 2.54 bits per heavy atom. The summed E-state index contributed by atoms with van der Waals surface area (Å²) in [6.45, 7) is 6.86. The summed E-state index contributed by atoms with van der Waals surface area (Å²) in [5.41, 5.74) is 9.56. The van der Waals surface area contributed by atoms with Gasteiger partial charge in [0.2, 0.25) is 10.0 Å². The lowest BCUT2D eigenvalue weighted by molar-refractivity contribution is 0.0189. The minimum Gasteiger partial charge on any atom is -0.461 e. The van der Waals surface area contributed by atoms with Crippen LogP contribution in [0.15, 0.2) is 84.9 Å². The van der Waals surface area contributed by atoms with E-state index in [0.29, 0.717) is 28.3 Å². The SMILES string of the molecule is CC(COC(=O)c1cc2ccc(CN)nc2n1Cc1cc(NS(=O)(=O)Cc2ccccc2)cc2ccccc12)CN1CCOCC1. The van der Waals surface area contributed by atoms with Crippen molar-refractivity contribution in [2.45, 2.75) is 25.8 Å². The Kier molecular flexibility index (Phi) is 9.64. The maximum Gasteiger partial charge on any atom is 0.355 e. The number of nitrogens with two attached hydrogens (primary N) is 1. The molecule has 2 aromatic heterocycles. The van der Waals surface area contributed by atoms with Gasteiger partial charge in [0, 0.05) is 43.2 Å². The molecule has 10 nitrogen and oxygen atoms in total. The Morgan fingerprint density at radius 2 is 1.76 bits per heavy atom. The van der Waals surface area contributed by atoms with Crippen LogP contribution in [0.25, 0.3) is 21.8 Å². The molecule has 6 rings (SSSR count). The van der Waals surface area contributed by atoms with Crippen LogP contribution >= 0.6 is 0 Å². The minimum atomic E-state index is -3.69. The van der Waals surface area contributed by atoms with Gasteiger partial charge in [-0.1, -0.05) is 61.5 Å². The number of fused-ring (bicyclic) bond motifs is 2. The second kappa shape index (κ2) is 14.0. The molecule has 240 valence electrons. The third-order valence-corrected chi connectivity index (χ3v) is 9.40. The number of anilines is 1. The maximum atomic E-state index is 13.6. The van der Waals surface area contributed by atoms with Crippen LogP contribution in [0.3, 0.4) is 0 Å². The number of hydrogen-bond donors (Lipinski definition) is 2. The number of sulfonamides is 1. The molecule has 0 aliphatic carbocycles. The summed E-state index contributed by atoms with van der Waals surface area (Å²) in [4.78, 5) is 20.7. The largest absolute Gasteiger partial charge is 0.461 e. The second-order valence-corrected chi connectivity index (χ2v) is 13.6. The fourth-order valence-corrected chi connectivity index (χ4v) is 7.12. The lowest BCUT2D eigenvalue weighted by Gasteiger charge is -2.28. The molecule has 11 heteroatoms. The topological polar surface area (TPSA) is 129 Å². The molecule has 1 atom stereocenters. The van der Waals surface area contributed by atoms with Crippen LogP contribution in [-0.4, -0.2) is 68.3 Å². The van der Waals surface area contributed by atoms with Gasteiger partial charge in [-0.05, 0) is 52.2 Å². The molecule has 0 amide bonds. The molecule has 0 saturated carbocycles. The molecule has 1 saturated heterocycles. The summed E-state index contributed by atoms with van der Waals surface area (Å²) in [7, 11) is -3.69. The van der Waals surface area contributed by atoms with Crippen molar-refractivity contribution in [3.63, 3.8) is 0 Å². The van der Waals surface area contributed by atoms with Crippen molar-refractivity contribution in [1.82, 2.24) is 14.5 Å². The van der Waals surface area contributed by atoms with E-state index in [2.05, 4.69) is 16.5 Å². The number of aromatic nitrogens is 2. The van der Waals surface area contributed by atoms with Gasteiger partial charge in [-0.25, -0.2) is 18.2 Å². The average Bonchev–Trinajstić information content (AvgIpc) is 3.41. The smallest absolute Gasteiger partial charge is 0.355 e. The normalized spacial score (nSPS) is 14.8. The Labute approximate surface area is 269 Å². The Balaban J connectivity index is 1.31. The van der Waals surface area contributed by atoms with E-state index < -0.39 is 16.0 Å². The molecule has 1 aliphatic heterocycles. The molecule has 0 radical (unpaired) electrons. The average molecular weight is 642 g/mol. The number of ether oxygens (including phenoxy) is 2.